The van der Waals surface area contributed by atoms with E-state index in [-0.39, 0.29) is 47.9 Å². The molecule has 0 aliphatic carbocycles. The average Bonchev–Trinajstić information content (AvgIpc) is 2.35. The fraction of sp³-hybridized carbons (Fsp3) is 0.375. The number of benzene rings is 1. The number of nitrogens with zero attached hydrogens (tertiary/aromatic N) is 1. The number of rotatable bonds is 1. The third kappa shape index (κ3) is 3.29. The molecule has 1 N–H and O–H groups in total. The van der Waals surface area contributed by atoms with E-state index in [1.54, 1.807) is 0 Å². The molecule has 0 atom stereocenters. The van der Waals surface area contributed by atoms with Gasteiger partial charge in [-0.2, -0.15) is 0 Å². The number of imide groups is 1. The van der Waals surface area contributed by atoms with E-state index in [0.29, 0.717) is 0 Å². The topological polar surface area (TPSA) is 57.6 Å². The van der Waals surface area contributed by atoms with Crippen LogP contribution in [-0.2, 0) is 9.59 Å². The summed E-state index contributed by atoms with van der Waals surface area (Å²) in [6, 6.07) is 4.00. The van der Waals surface area contributed by atoms with E-state index in [4.69, 9.17) is 5.11 Å². The minimum atomic E-state index is -0.626. The van der Waals surface area contributed by atoms with Crippen molar-refractivity contribution in [3.8, 4) is 11.8 Å². The fourth-order valence-corrected chi connectivity index (χ4v) is 2.35. The molecular formula is C16H16FNO3. The molecule has 1 aliphatic heterocycles. The molecule has 5 heteroatoms. The Morgan fingerprint density at radius 2 is 1.90 bits per heavy atom. The number of hydrogen-bond acceptors (Lipinski definition) is 3. The Labute approximate surface area is 122 Å². The molecule has 0 spiro atoms. The molecule has 1 aromatic carbocycles. The first-order chi connectivity index (χ1) is 9.84. The summed E-state index contributed by atoms with van der Waals surface area (Å²) in [5, 5.41) is 8.60. The Balaban J connectivity index is 2.32. The van der Waals surface area contributed by atoms with Crippen LogP contribution in [-0.4, -0.2) is 23.5 Å². The number of halogens is 1. The van der Waals surface area contributed by atoms with Gasteiger partial charge in [0.25, 0.3) is 0 Å². The molecule has 0 bridgehead atoms. The molecule has 21 heavy (non-hydrogen) atoms. The second-order valence-electron chi connectivity index (χ2n) is 5.76. The zero-order chi connectivity index (χ0) is 15.6. The first-order valence-electron chi connectivity index (χ1n) is 6.59. The van der Waals surface area contributed by atoms with Gasteiger partial charge in [0.1, 0.15) is 12.4 Å². The summed E-state index contributed by atoms with van der Waals surface area (Å²) in [7, 11) is 0. The highest BCUT2D eigenvalue weighted by atomic mass is 19.1. The highest BCUT2D eigenvalue weighted by molar-refractivity contribution is 6.16. The molecule has 1 heterocycles. The van der Waals surface area contributed by atoms with E-state index in [0.717, 1.165) is 11.0 Å². The molecule has 0 aromatic heterocycles. The lowest BCUT2D eigenvalue weighted by molar-refractivity contribution is -0.132. The van der Waals surface area contributed by atoms with Crippen LogP contribution in [0.25, 0.3) is 0 Å². The van der Waals surface area contributed by atoms with Crippen LogP contribution in [0.3, 0.4) is 0 Å². The van der Waals surface area contributed by atoms with Crippen LogP contribution in [0.4, 0.5) is 10.1 Å². The van der Waals surface area contributed by atoms with Crippen molar-refractivity contribution in [2.24, 2.45) is 5.41 Å². The van der Waals surface area contributed by atoms with E-state index in [9.17, 15) is 14.0 Å². The summed E-state index contributed by atoms with van der Waals surface area (Å²) in [4.78, 5) is 25.2. The predicted octanol–water partition coefficient (Wildman–Crippen LogP) is 1.85. The predicted molar refractivity (Wildman–Crippen MR) is 75.9 cm³/mol. The van der Waals surface area contributed by atoms with Crippen molar-refractivity contribution in [2.45, 2.75) is 26.7 Å². The molecule has 1 aliphatic rings. The number of amides is 2. The van der Waals surface area contributed by atoms with Gasteiger partial charge in [0, 0.05) is 12.8 Å². The minimum Gasteiger partial charge on any atom is -0.384 e. The highest BCUT2D eigenvalue weighted by Gasteiger charge is 2.38. The quantitative estimate of drug-likeness (QED) is 0.634. The number of carbonyl (C=O) groups excluding carboxylic acids is 2. The molecule has 0 unspecified atom stereocenters. The molecule has 4 nitrogen and oxygen atoms in total. The molecule has 2 amide bonds. The molecule has 1 saturated heterocycles. The van der Waals surface area contributed by atoms with Crippen LogP contribution in [0.1, 0.15) is 32.3 Å². The second-order valence-corrected chi connectivity index (χ2v) is 5.76. The number of hydrogen-bond donors (Lipinski definition) is 1. The van der Waals surface area contributed by atoms with E-state index in [1.807, 2.05) is 13.8 Å². The lowest BCUT2D eigenvalue weighted by Crippen LogP contribution is -2.46. The van der Waals surface area contributed by atoms with Crippen LogP contribution < -0.4 is 4.90 Å². The van der Waals surface area contributed by atoms with Crippen molar-refractivity contribution >= 4 is 17.5 Å². The van der Waals surface area contributed by atoms with Crippen molar-refractivity contribution in [3.63, 3.8) is 0 Å². The van der Waals surface area contributed by atoms with Gasteiger partial charge in [-0.3, -0.25) is 14.5 Å². The minimum absolute atomic E-state index is 0.116. The molecular weight excluding hydrogens is 273 g/mol. The lowest BCUT2D eigenvalue weighted by Gasteiger charge is -2.34. The van der Waals surface area contributed by atoms with E-state index in [2.05, 4.69) is 11.8 Å². The van der Waals surface area contributed by atoms with Crippen LogP contribution in [0.5, 0.6) is 0 Å². The van der Waals surface area contributed by atoms with E-state index < -0.39 is 5.82 Å². The van der Waals surface area contributed by atoms with Gasteiger partial charge < -0.3 is 5.11 Å². The number of carbonyl (C=O) groups is 2. The molecule has 1 fully saturated rings. The van der Waals surface area contributed by atoms with Crippen molar-refractivity contribution in [1.29, 1.82) is 0 Å². The first kappa shape index (κ1) is 15.2. The van der Waals surface area contributed by atoms with Crippen LogP contribution in [0.15, 0.2) is 18.2 Å². The molecule has 0 radical (unpaired) electrons. The fourth-order valence-electron chi connectivity index (χ4n) is 2.35. The van der Waals surface area contributed by atoms with Gasteiger partial charge in [0.05, 0.1) is 11.3 Å². The number of piperidine rings is 1. The Morgan fingerprint density at radius 3 is 2.43 bits per heavy atom. The van der Waals surface area contributed by atoms with Crippen LogP contribution >= 0.6 is 0 Å². The van der Waals surface area contributed by atoms with Gasteiger partial charge in [-0.25, -0.2) is 4.39 Å². The van der Waals surface area contributed by atoms with Crippen LogP contribution in [0, 0.1) is 23.1 Å². The summed E-state index contributed by atoms with van der Waals surface area (Å²) >= 11 is 0. The second kappa shape index (κ2) is 5.66. The zero-order valence-corrected chi connectivity index (χ0v) is 11.9. The largest absolute Gasteiger partial charge is 0.384 e. The van der Waals surface area contributed by atoms with Gasteiger partial charge in [0.15, 0.2) is 0 Å². The monoisotopic (exact) mass is 289 g/mol. The van der Waals surface area contributed by atoms with Crippen molar-refractivity contribution < 1.29 is 19.1 Å². The molecule has 0 saturated carbocycles. The molecule has 110 valence electrons. The third-order valence-corrected chi connectivity index (χ3v) is 3.27. The number of aliphatic hydroxyl groups excluding tert-OH is 1. The van der Waals surface area contributed by atoms with Crippen LogP contribution in [0.2, 0.25) is 0 Å². The van der Waals surface area contributed by atoms with Crippen molar-refractivity contribution in [1.82, 2.24) is 0 Å². The Kier molecular flexibility index (Phi) is 4.10. The zero-order valence-electron chi connectivity index (χ0n) is 11.9. The first-order valence-corrected chi connectivity index (χ1v) is 6.59. The SMILES string of the molecule is CC1(C)CC(=O)N(c2ccc(C#CCO)c(F)c2)C(=O)C1. The van der Waals surface area contributed by atoms with Gasteiger partial charge >= 0.3 is 0 Å². The Bertz CT molecular complexity index is 635. The average molecular weight is 289 g/mol. The van der Waals surface area contributed by atoms with E-state index >= 15 is 0 Å². The summed E-state index contributed by atoms with van der Waals surface area (Å²) < 4.78 is 13.9. The number of anilines is 1. The van der Waals surface area contributed by atoms with Crippen molar-refractivity contribution in [3.05, 3.63) is 29.6 Å². The lowest BCUT2D eigenvalue weighted by atomic mass is 9.81. The summed E-state index contributed by atoms with van der Waals surface area (Å²) in [6.07, 6.45) is 0.485. The highest BCUT2D eigenvalue weighted by Crippen LogP contribution is 2.34. The Hall–Kier alpha value is -2.19. The summed E-state index contributed by atoms with van der Waals surface area (Å²) in [5.74, 6) is 3.53. The maximum Gasteiger partial charge on any atom is 0.234 e. The Morgan fingerprint density at radius 1 is 1.29 bits per heavy atom. The summed E-state index contributed by atoms with van der Waals surface area (Å²) in [5.41, 5.74) is -0.0342. The third-order valence-electron chi connectivity index (χ3n) is 3.27. The van der Waals surface area contributed by atoms with E-state index in [1.165, 1.54) is 12.1 Å². The maximum atomic E-state index is 13.9. The standard InChI is InChI=1S/C16H16FNO3/c1-16(2)9-14(20)18(15(21)10-16)12-6-5-11(4-3-7-19)13(17)8-12/h5-6,8,19H,7,9-10H2,1-2H3. The number of aliphatic hydroxyl groups is 1. The smallest absolute Gasteiger partial charge is 0.234 e. The van der Waals surface area contributed by atoms with Gasteiger partial charge in [-0.1, -0.05) is 25.7 Å². The van der Waals surface area contributed by atoms with Gasteiger partial charge in [0.2, 0.25) is 11.8 Å². The molecule has 2 rings (SSSR count). The van der Waals surface area contributed by atoms with Gasteiger partial charge in [-0.15, -0.1) is 0 Å². The normalized spacial score (nSPS) is 17.4. The molecule has 1 aromatic rings. The maximum absolute atomic E-state index is 13.9. The van der Waals surface area contributed by atoms with Gasteiger partial charge in [-0.05, 0) is 23.6 Å². The van der Waals surface area contributed by atoms with Crippen molar-refractivity contribution in [2.75, 3.05) is 11.5 Å². The summed E-state index contributed by atoms with van der Waals surface area (Å²) in [6.45, 7) is 3.35.